The molecule has 1 aromatic carbocycles. The van der Waals surface area contributed by atoms with Gasteiger partial charge in [0.15, 0.2) is 0 Å². The summed E-state index contributed by atoms with van der Waals surface area (Å²) in [4.78, 5) is 12.6. The number of hydrogen-bond donors (Lipinski definition) is 2. The summed E-state index contributed by atoms with van der Waals surface area (Å²) in [5, 5.41) is 12.5. The third kappa shape index (κ3) is 3.66. The second-order valence-electron chi connectivity index (χ2n) is 4.25. The van der Waals surface area contributed by atoms with Gasteiger partial charge < -0.3 is 10.4 Å². The Morgan fingerprint density at radius 2 is 2.06 bits per heavy atom. The summed E-state index contributed by atoms with van der Waals surface area (Å²) in [5.41, 5.74) is 1.58. The van der Waals surface area contributed by atoms with Gasteiger partial charge in [-0.1, -0.05) is 19.1 Å². The van der Waals surface area contributed by atoms with Crippen LogP contribution in [0.5, 0.6) is 0 Å². The first-order chi connectivity index (χ1) is 8.06. The molecule has 1 amide bonds. The minimum atomic E-state index is -0.912. The summed E-state index contributed by atoms with van der Waals surface area (Å²) < 4.78 is 0. The molecule has 94 valence electrons. The minimum absolute atomic E-state index is 0.272. The van der Waals surface area contributed by atoms with E-state index in [0.717, 1.165) is 17.8 Å². The van der Waals surface area contributed by atoms with Crippen molar-refractivity contribution in [2.75, 3.05) is 16.8 Å². The fraction of sp³-hybridized carbons (Fsp3) is 0.462. The Kier molecular flexibility index (Phi) is 4.82. The van der Waals surface area contributed by atoms with Gasteiger partial charge in [-0.15, -0.1) is 0 Å². The van der Waals surface area contributed by atoms with E-state index in [1.165, 1.54) is 4.90 Å². The topological polar surface area (TPSA) is 52.6 Å². The molecule has 0 unspecified atom stereocenters. The number of rotatable bonds is 5. The van der Waals surface area contributed by atoms with E-state index in [9.17, 15) is 9.90 Å². The second-order valence-corrected chi connectivity index (χ2v) is 4.25. The van der Waals surface area contributed by atoms with Crippen LogP contribution in [0.2, 0.25) is 0 Å². The molecule has 4 nitrogen and oxygen atoms in total. The van der Waals surface area contributed by atoms with Gasteiger partial charge in [0.25, 0.3) is 0 Å². The maximum absolute atomic E-state index is 11.2. The number of benzene rings is 1. The highest BCUT2D eigenvalue weighted by Crippen LogP contribution is 2.26. The van der Waals surface area contributed by atoms with Gasteiger partial charge >= 0.3 is 6.09 Å². The van der Waals surface area contributed by atoms with Crippen molar-refractivity contribution in [2.45, 2.75) is 33.2 Å². The van der Waals surface area contributed by atoms with Crippen LogP contribution in [0.1, 0.15) is 27.2 Å². The van der Waals surface area contributed by atoms with Gasteiger partial charge in [0.05, 0.1) is 11.4 Å². The molecule has 1 aromatic rings. The predicted octanol–water partition coefficient (Wildman–Crippen LogP) is 3.40. The van der Waals surface area contributed by atoms with Crippen LogP contribution >= 0.6 is 0 Å². The number of para-hydroxylation sites is 2. The van der Waals surface area contributed by atoms with Gasteiger partial charge in [0.1, 0.15) is 0 Å². The molecule has 0 aromatic heterocycles. The Balaban J connectivity index is 3.04. The summed E-state index contributed by atoms with van der Waals surface area (Å²) in [7, 11) is 0. The summed E-state index contributed by atoms with van der Waals surface area (Å²) in [6, 6.07) is 7.76. The average Bonchev–Trinajstić information content (AvgIpc) is 2.26. The van der Waals surface area contributed by atoms with Gasteiger partial charge in [0, 0.05) is 12.6 Å². The molecular formula is C13H20N2O2. The van der Waals surface area contributed by atoms with Crippen LogP contribution in [0.3, 0.4) is 0 Å². The summed E-state index contributed by atoms with van der Waals surface area (Å²) in [6.07, 6.45) is -0.118. The molecule has 1 rings (SSSR count). The Bertz CT molecular complexity index is 377. The molecule has 0 heterocycles. The largest absolute Gasteiger partial charge is 0.465 e. The van der Waals surface area contributed by atoms with E-state index in [1.54, 1.807) is 0 Å². The maximum Gasteiger partial charge on any atom is 0.411 e. The summed E-state index contributed by atoms with van der Waals surface area (Å²) in [6.45, 7) is 6.53. The van der Waals surface area contributed by atoms with E-state index < -0.39 is 6.09 Å². The predicted molar refractivity (Wildman–Crippen MR) is 70.9 cm³/mol. The maximum atomic E-state index is 11.2. The molecule has 0 aliphatic carbocycles. The van der Waals surface area contributed by atoms with Crippen LogP contribution in [0.4, 0.5) is 16.2 Å². The first-order valence-electron chi connectivity index (χ1n) is 5.92. The zero-order valence-corrected chi connectivity index (χ0v) is 10.6. The molecular weight excluding hydrogens is 216 g/mol. The van der Waals surface area contributed by atoms with Crippen molar-refractivity contribution in [3.05, 3.63) is 24.3 Å². The number of carbonyl (C=O) groups is 1. The minimum Gasteiger partial charge on any atom is -0.465 e. The molecule has 0 radical (unpaired) electrons. The number of amides is 1. The van der Waals surface area contributed by atoms with E-state index in [1.807, 2.05) is 45.0 Å². The molecule has 2 N–H and O–H groups in total. The Hall–Kier alpha value is -1.71. The first kappa shape index (κ1) is 13.4. The molecule has 4 heteroatoms. The highest BCUT2D eigenvalue weighted by molar-refractivity contribution is 5.90. The van der Waals surface area contributed by atoms with Crippen molar-refractivity contribution in [2.24, 2.45) is 0 Å². The van der Waals surface area contributed by atoms with E-state index in [2.05, 4.69) is 5.32 Å². The van der Waals surface area contributed by atoms with Crippen LogP contribution in [0.25, 0.3) is 0 Å². The molecule has 0 saturated heterocycles. The smallest absolute Gasteiger partial charge is 0.411 e. The fourth-order valence-electron chi connectivity index (χ4n) is 1.68. The van der Waals surface area contributed by atoms with Crippen LogP contribution in [-0.4, -0.2) is 23.8 Å². The highest BCUT2D eigenvalue weighted by Gasteiger charge is 2.16. The molecule has 0 spiro atoms. The highest BCUT2D eigenvalue weighted by atomic mass is 16.4. The molecule has 0 aliphatic heterocycles. The molecule has 0 aliphatic rings. The quantitative estimate of drug-likeness (QED) is 0.823. The number of nitrogens with one attached hydrogen (secondary N) is 1. The molecule has 0 saturated carbocycles. The SMILES string of the molecule is CCCN(C(=O)O)c1ccccc1NC(C)C. The normalized spacial score (nSPS) is 10.4. The lowest BCUT2D eigenvalue weighted by atomic mass is 10.2. The van der Waals surface area contributed by atoms with Gasteiger partial charge in [-0.2, -0.15) is 0 Å². The van der Waals surface area contributed by atoms with Crippen molar-refractivity contribution in [3.63, 3.8) is 0 Å². The van der Waals surface area contributed by atoms with E-state index in [0.29, 0.717) is 6.54 Å². The number of anilines is 2. The van der Waals surface area contributed by atoms with Gasteiger partial charge in [-0.25, -0.2) is 4.79 Å². The zero-order valence-electron chi connectivity index (χ0n) is 10.6. The van der Waals surface area contributed by atoms with Crippen LogP contribution in [0, 0.1) is 0 Å². The summed E-state index contributed by atoms with van der Waals surface area (Å²) in [5.74, 6) is 0. The Labute approximate surface area is 102 Å². The molecule has 0 fully saturated rings. The third-order valence-corrected chi connectivity index (χ3v) is 2.32. The van der Waals surface area contributed by atoms with Gasteiger partial charge in [-0.05, 0) is 32.4 Å². The number of nitrogens with zero attached hydrogens (tertiary/aromatic N) is 1. The van der Waals surface area contributed by atoms with E-state index in [-0.39, 0.29) is 6.04 Å². The first-order valence-corrected chi connectivity index (χ1v) is 5.92. The molecule has 17 heavy (non-hydrogen) atoms. The van der Waals surface area contributed by atoms with Crippen LogP contribution in [0.15, 0.2) is 24.3 Å². The fourth-order valence-corrected chi connectivity index (χ4v) is 1.68. The number of carboxylic acid groups (broad SMARTS) is 1. The van der Waals surface area contributed by atoms with Crippen molar-refractivity contribution < 1.29 is 9.90 Å². The lowest BCUT2D eigenvalue weighted by molar-refractivity contribution is 0.202. The zero-order chi connectivity index (χ0) is 12.8. The second kappa shape index (κ2) is 6.13. The summed E-state index contributed by atoms with van der Waals surface area (Å²) >= 11 is 0. The van der Waals surface area contributed by atoms with Crippen molar-refractivity contribution in [1.29, 1.82) is 0 Å². The van der Waals surface area contributed by atoms with Gasteiger partial charge in [-0.3, -0.25) is 4.90 Å². The Morgan fingerprint density at radius 1 is 1.41 bits per heavy atom. The van der Waals surface area contributed by atoms with Crippen molar-refractivity contribution in [1.82, 2.24) is 0 Å². The lowest BCUT2D eigenvalue weighted by Gasteiger charge is -2.23. The van der Waals surface area contributed by atoms with Crippen LogP contribution in [-0.2, 0) is 0 Å². The lowest BCUT2D eigenvalue weighted by Crippen LogP contribution is -2.31. The van der Waals surface area contributed by atoms with E-state index in [4.69, 9.17) is 0 Å². The molecule has 0 atom stereocenters. The van der Waals surface area contributed by atoms with Crippen molar-refractivity contribution in [3.8, 4) is 0 Å². The number of hydrogen-bond acceptors (Lipinski definition) is 2. The van der Waals surface area contributed by atoms with E-state index >= 15 is 0 Å². The molecule has 0 bridgehead atoms. The monoisotopic (exact) mass is 236 g/mol. The van der Waals surface area contributed by atoms with Gasteiger partial charge in [0.2, 0.25) is 0 Å². The van der Waals surface area contributed by atoms with Crippen LogP contribution < -0.4 is 10.2 Å². The standard InChI is InChI=1S/C13H20N2O2/c1-4-9-15(13(16)17)12-8-6-5-7-11(12)14-10(2)3/h5-8,10,14H,4,9H2,1-3H3,(H,16,17). The Morgan fingerprint density at radius 3 is 2.59 bits per heavy atom. The van der Waals surface area contributed by atoms with Crippen molar-refractivity contribution >= 4 is 17.5 Å². The average molecular weight is 236 g/mol. The third-order valence-electron chi connectivity index (χ3n) is 2.32.